The van der Waals surface area contributed by atoms with Crippen molar-refractivity contribution in [3.63, 3.8) is 0 Å². The molecule has 2 saturated heterocycles. The fraction of sp³-hybridized carbons (Fsp3) is 0.636. The number of hydrogen-bond donors (Lipinski definition) is 1. The van der Waals surface area contributed by atoms with Crippen molar-refractivity contribution in [2.24, 2.45) is 5.92 Å². The zero-order valence-electron chi connectivity index (χ0n) is 17.4. The molecule has 1 aromatic rings. The first-order valence-corrected chi connectivity index (χ1v) is 11.0. The van der Waals surface area contributed by atoms with Crippen LogP contribution in [0.15, 0.2) is 24.3 Å². The molecule has 0 spiro atoms. The fourth-order valence-corrected chi connectivity index (χ4v) is 4.84. The Bertz CT molecular complexity index is 724. The third-order valence-electron chi connectivity index (χ3n) is 6.51. The van der Waals surface area contributed by atoms with Gasteiger partial charge in [0, 0.05) is 45.0 Å². The predicted molar refractivity (Wildman–Crippen MR) is 112 cm³/mol. The Morgan fingerprint density at radius 2 is 1.57 bits per heavy atom. The molecule has 1 aromatic carbocycles. The van der Waals surface area contributed by atoms with E-state index in [4.69, 9.17) is 4.74 Å². The highest BCUT2D eigenvalue weighted by Gasteiger charge is 2.39. The third kappa shape index (κ3) is 4.92. The van der Waals surface area contributed by atoms with Crippen LogP contribution in [0.2, 0.25) is 0 Å². The lowest BCUT2D eigenvalue weighted by Gasteiger charge is -2.42. The minimum absolute atomic E-state index is 0.0899. The second-order valence-electron chi connectivity index (χ2n) is 8.39. The van der Waals surface area contributed by atoms with Gasteiger partial charge in [0.2, 0.25) is 5.91 Å². The van der Waals surface area contributed by atoms with Crippen molar-refractivity contribution in [3.05, 3.63) is 30.1 Å². The number of amides is 3. The molecule has 0 bridgehead atoms. The zero-order chi connectivity index (χ0) is 20.9. The number of hydrogen-bond acceptors (Lipinski definition) is 4. The number of halogens is 1. The molecule has 2 heterocycles. The number of anilines is 1. The van der Waals surface area contributed by atoms with E-state index in [2.05, 4.69) is 10.2 Å². The van der Waals surface area contributed by atoms with Crippen LogP contribution in [0.4, 0.5) is 14.9 Å². The van der Waals surface area contributed by atoms with Crippen molar-refractivity contribution >= 4 is 17.6 Å². The van der Waals surface area contributed by atoms with Crippen LogP contribution in [0.1, 0.15) is 25.7 Å². The maximum Gasteiger partial charge on any atom is 0.321 e. The van der Waals surface area contributed by atoms with Gasteiger partial charge < -0.3 is 19.9 Å². The molecule has 1 aliphatic carbocycles. The van der Waals surface area contributed by atoms with Gasteiger partial charge >= 0.3 is 6.03 Å². The van der Waals surface area contributed by atoms with Gasteiger partial charge in [-0.15, -0.1) is 0 Å². The molecule has 164 valence electrons. The standard InChI is InChI=1S/C22H31FN4O3/c23-18-5-7-19(8-6-18)24-22(29)27-11-9-25(10-12-27)20(17-3-1-2-4-17)21(28)26-13-15-30-16-14-26/h5-8,17,20H,1-4,9-16H2,(H,24,29)/t20-/m0/s1. The van der Waals surface area contributed by atoms with E-state index in [1.165, 1.54) is 25.0 Å². The summed E-state index contributed by atoms with van der Waals surface area (Å²) in [4.78, 5) is 32.0. The summed E-state index contributed by atoms with van der Waals surface area (Å²) in [5.41, 5.74) is 0.579. The third-order valence-corrected chi connectivity index (χ3v) is 6.51. The highest BCUT2D eigenvalue weighted by Crippen LogP contribution is 2.32. The maximum absolute atomic E-state index is 13.4. The van der Waals surface area contributed by atoms with E-state index >= 15 is 0 Å². The van der Waals surface area contributed by atoms with Gasteiger partial charge in [-0.25, -0.2) is 9.18 Å². The van der Waals surface area contributed by atoms with E-state index in [9.17, 15) is 14.0 Å². The lowest BCUT2D eigenvalue weighted by Crippen LogP contribution is -2.59. The first kappa shape index (κ1) is 21.1. The number of ether oxygens (including phenoxy) is 1. The number of urea groups is 1. The lowest BCUT2D eigenvalue weighted by molar-refractivity contribution is -0.144. The monoisotopic (exact) mass is 418 g/mol. The quantitative estimate of drug-likeness (QED) is 0.816. The Morgan fingerprint density at radius 3 is 2.20 bits per heavy atom. The molecule has 2 aliphatic heterocycles. The number of rotatable bonds is 4. The van der Waals surface area contributed by atoms with Crippen molar-refractivity contribution in [2.75, 3.05) is 57.8 Å². The Balaban J connectivity index is 1.36. The molecule has 4 rings (SSSR count). The number of benzene rings is 1. The molecule has 1 N–H and O–H groups in total. The van der Waals surface area contributed by atoms with Crippen LogP contribution in [0.5, 0.6) is 0 Å². The minimum atomic E-state index is -0.329. The molecule has 3 aliphatic rings. The van der Waals surface area contributed by atoms with E-state index < -0.39 is 0 Å². The maximum atomic E-state index is 13.4. The summed E-state index contributed by atoms with van der Waals surface area (Å²) in [5.74, 6) is 0.304. The second-order valence-corrected chi connectivity index (χ2v) is 8.39. The normalized spacial score (nSPS) is 22.2. The predicted octanol–water partition coefficient (Wildman–Crippen LogP) is 2.39. The number of carbonyl (C=O) groups is 2. The van der Waals surface area contributed by atoms with Crippen molar-refractivity contribution < 1.29 is 18.7 Å². The van der Waals surface area contributed by atoms with E-state index in [1.807, 2.05) is 4.90 Å². The first-order chi connectivity index (χ1) is 14.6. The highest BCUT2D eigenvalue weighted by molar-refractivity contribution is 5.89. The molecular weight excluding hydrogens is 387 g/mol. The molecule has 7 nitrogen and oxygen atoms in total. The van der Waals surface area contributed by atoms with Crippen LogP contribution in [-0.2, 0) is 9.53 Å². The van der Waals surface area contributed by atoms with Crippen LogP contribution in [-0.4, -0.2) is 85.2 Å². The van der Waals surface area contributed by atoms with Crippen LogP contribution in [0.25, 0.3) is 0 Å². The fourth-order valence-electron chi connectivity index (χ4n) is 4.84. The molecule has 3 fully saturated rings. The van der Waals surface area contributed by atoms with Gasteiger partial charge in [-0.2, -0.15) is 0 Å². The average Bonchev–Trinajstić information content (AvgIpc) is 3.31. The number of carbonyl (C=O) groups excluding carboxylic acids is 2. The van der Waals surface area contributed by atoms with Crippen molar-refractivity contribution in [3.8, 4) is 0 Å². The average molecular weight is 419 g/mol. The van der Waals surface area contributed by atoms with Gasteiger partial charge in [0.05, 0.1) is 19.3 Å². The van der Waals surface area contributed by atoms with Crippen LogP contribution in [0.3, 0.4) is 0 Å². The highest BCUT2D eigenvalue weighted by atomic mass is 19.1. The molecular formula is C22H31FN4O3. The topological polar surface area (TPSA) is 65.1 Å². The second kappa shape index (κ2) is 9.75. The molecule has 1 atom stereocenters. The Hall–Kier alpha value is -2.19. The number of nitrogens with zero attached hydrogens (tertiary/aromatic N) is 3. The summed E-state index contributed by atoms with van der Waals surface area (Å²) >= 11 is 0. The van der Waals surface area contributed by atoms with E-state index in [1.54, 1.807) is 17.0 Å². The summed E-state index contributed by atoms with van der Waals surface area (Å²) in [6.45, 7) is 5.09. The molecule has 0 radical (unpaired) electrons. The summed E-state index contributed by atoms with van der Waals surface area (Å²) in [6.07, 6.45) is 4.59. The molecule has 0 unspecified atom stereocenters. The van der Waals surface area contributed by atoms with Crippen LogP contribution >= 0.6 is 0 Å². The van der Waals surface area contributed by atoms with E-state index in [0.717, 1.165) is 12.8 Å². The first-order valence-electron chi connectivity index (χ1n) is 11.0. The summed E-state index contributed by atoms with van der Waals surface area (Å²) in [5, 5.41) is 2.83. The van der Waals surface area contributed by atoms with E-state index in [0.29, 0.717) is 64.1 Å². The smallest absolute Gasteiger partial charge is 0.321 e. The molecule has 30 heavy (non-hydrogen) atoms. The lowest BCUT2D eigenvalue weighted by atomic mass is 9.94. The van der Waals surface area contributed by atoms with Gasteiger partial charge in [-0.05, 0) is 43.0 Å². The van der Waals surface area contributed by atoms with Gasteiger partial charge in [-0.3, -0.25) is 9.69 Å². The minimum Gasteiger partial charge on any atom is -0.378 e. The number of piperazine rings is 1. The van der Waals surface area contributed by atoms with Gasteiger partial charge in [-0.1, -0.05) is 12.8 Å². The Kier molecular flexibility index (Phi) is 6.84. The van der Waals surface area contributed by atoms with Crippen LogP contribution in [0, 0.1) is 11.7 Å². The SMILES string of the molecule is O=C(Nc1ccc(F)cc1)N1CCN([C@H](C(=O)N2CCOCC2)C2CCCC2)CC1. The molecule has 1 saturated carbocycles. The Labute approximate surface area is 177 Å². The summed E-state index contributed by atoms with van der Waals surface area (Å²) in [7, 11) is 0. The summed E-state index contributed by atoms with van der Waals surface area (Å²) in [6, 6.07) is 5.50. The number of nitrogens with one attached hydrogen (secondary N) is 1. The van der Waals surface area contributed by atoms with Crippen LogP contribution < -0.4 is 5.32 Å². The van der Waals surface area contributed by atoms with Gasteiger partial charge in [0.25, 0.3) is 0 Å². The van der Waals surface area contributed by atoms with Crippen molar-refractivity contribution in [2.45, 2.75) is 31.7 Å². The number of morpholine rings is 1. The zero-order valence-corrected chi connectivity index (χ0v) is 17.4. The van der Waals surface area contributed by atoms with Gasteiger partial charge in [0.15, 0.2) is 0 Å². The molecule has 8 heteroatoms. The summed E-state index contributed by atoms with van der Waals surface area (Å²) < 4.78 is 18.5. The molecule has 3 amide bonds. The largest absolute Gasteiger partial charge is 0.378 e. The Morgan fingerprint density at radius 1 is 0.933 bits per heavy atom. The van der Waals surface area contributed by atoms with E-state index in [-0.39, 0.29) is 23.8 Å². The van der Waals surface area contributed by atoms with Crippen molar-refractivity contribution in [1.82, 2.24) is 14.7 Å². The molecule has 0 aromatic heterocycles. The van der Waals surface area contributed by atoms with Gasteiger partial charge in [0.1, 0.15) is 5.82 Å². The van der Waals surface area contributed by atoms with Crippen molar-refractivity contribution in [1.29, 1.82) is 0 Å².